The van der Waals surface area contributed by atoms with Gasteiger partial charge in [-0.15, -0.1) is 0 Å². The molecule has 2 aromatic carbocycles. The van der Waals surface area contributed by atoms with Gasteiger partial charge >= 0.3 is 0 Å². The van der Waals surface area contributed by atoms with Crippen LogP contribution >= 0.6 is 0 Å². The minimum atomic E-state index is -0.515. The Morgan fingerprint density at radius 3 is 2.63 bits per heavy atom. The number of anilines is 3. The molecule has 0 spiro atoms. The first kappa shape index (κ1) is 24.3. The lowest BCUT2D eigenvalue weighted by molar-refractivity contribution is -0.133. The minimum Gasteiger partial charge on any atom is -0.491 e. The summed E-state index contributed by atoms with van der Waals surface area (Å²) < 4.78 is 25.3. The maximum absolute atomic E-state index is 14.9. The summed E-state index contributed by atoms with van der Waals surface area (Å²) in [6, 6.07) is 9.79. The molecule has 1 aromatic heterocycles. The monoisotopic (exact) mass is 481 g/mol. The Bertz CT molecular complexity index is 1200. The van der Waals surface area contributed by atoms with Crippen LogP contribution in [0.25, 0.3) is 10.9 Å². The number of halogens is 1. The van der Waals surface area contributed by atoms with Crippen molar-refractivity contribution in [1.29, 1.82) is 0 Å². The van der Waals surface area contributed by atoms with Crippen molar-refractivity contribution in [2.24, 2.45) is 5.92 Å². The van der Waals surface area contributed by atoms with Crippen LogP contribution in [-0.2, 0) is 14.3 Å². The molecule has 2 N–H and O–H groups in total. The number of hydrogen-bond acceptors (Lipinski definition) is 7. The summed E-state index contributed by atoms with van der Waals surface area (Å²) in [5, 5.41) is 6.06. The van der Waals surface area contributed by atoms with Crippen LogP contribution in [-0.4, -0.2) is 60.1 Å². The maximum Gasteiger partial charge on any atom is 0.233 e. The van der Waals surface area contributed by atoms with Crippen molar-refractivity contribution in [1.82, 2.24) is 14.9 Å². The first-order chi connectivity index (χ1) is 16.9. The highest BCUT2D eigenvalue weighted by atomic mass is 19.1. The first-order valence-electron chi connectivity index (χ1n) is 11.4. The largest absolute Gasteiger partial charge is 0.491 e. The van der Waals surface area contributed by atoms with Crippen LogP contribution in [0.4, 0.5) is 21.6 Å². The summed E-state index contributed by atoms with van der Waals surface area (Å²) in [5.74, 6) is 0.100. The number of fused-ring (bicyclic) bond motifs is 1. The van der Waals surface area contributed by atoms with Crippen molar-refractivity contribution in [3.63, 3.8) is 0 Å². The van der Waals surface area contributed by atoms with Crippen LogP contribution in [0.5, 0.6) is 5.75 Å². The molecule has 0 bridgehead atoms. The summed E-state index contributed by atoms with van der Waals surface area (Å²) in [4.78, 5) is 34.6. The van der Waals surface area contributed by atoms with E-state index in [2.05, 4.69) is 27.5 Å². The van der Waals surface area contributed by atoms with Crippen molar-refractivity contribution in [3.8, 4) is 5.75 Å². The van der Waals surface area contributed by atoms with Crippen LogP contribution in [0.2, 0.25) is 0 Å². The van der Waals surface area contributed by atoms with Gasteiger partial charge in [-0.1, -0.05) is 6.92 Å². The lowest BCUT2D eigenvalue weighted by Crippen LogP contribution is -2.31. The van der Waals surface area contributed by atoms with E-state index in [4.69, 9.17) is 9.47 Å². The average molecular weight is 482 g/mol. The average Bonchev–Trinajstić information content (AvgIpc) is 3.27. The lowest BCUT2D eigenvalue weighted by atomic mass is 10.2. The van der Waals surface area contributed by atoms with Gasteiger partial charge in [-0.2, -0.15) is 0 Å². The van der Waals surface area contributed by atoms with Crippen LogP contribution in [0.3, 0.4) is 0 Å². The fourth-order valence-corrected chi connectivity index (χ4v) is 3.93. The Balaban J connectivity index is 1.39. The normalized spacial score (nSPS) is 15.3. The highest BCUT2D eigenvalue weighted by Gasteiger charge is 2.24. The molecule has 0 saturated carbocycles. The number of aromatic nitrogens is 2. The summed E-state index contributed by atoms with van der Waals surface area (Å²) in [6.45, 7) is 4.19. The summed E-state index contributed by atoms with van der Waals surface area (Å²) in [6.07, 6.45) is 2.13. The number of carbonyl (C=O) groups is 2. The molecule has 2 heterocycles. The quantitative estimate of drug-likeness (QED) is 0.354. The molecule has 1 saturated heterocycles. The van der Waals surface area contributed by atoms with E-state index < -0.39 is 5.82 Å². The third-order valence-corrected chi connectivity index (χ3v) is 5.74. The van der Waals surface area contributed by atoms with E-state index >= 15 is 0 Å². The van der Waals surface area contributed by atoms with Crippen LogP contribution < -0.4 is 15.4 Å². The molecule has 1 aliphatic rings. The van der Waals surface area contributed by atoms with E-state index in [-0.39, 0.29) is 23.6 Å². The summed E-state index contributed by atoms with van der Waals surface area (Å²) in [5.41, 5.74) is 1.60. The molecule has 10 heteroatoms. The van der Waals surface area contributed by atoms with E-state index in [0.717, 1.165) is 6.42 Å². The molecule has 0 aliphatic carbocycles. The highest BCUT2D eigenvalue weighted by molar-refractivity contribution is 6.03. The number of methoxy groups -OCH3 is 1. The molecule has 184 valence electrons. The molecule has 1 fully saturated rings. The SMILES string of the molecule is COCCOc1cc(F)c2c(Nc3ccc(NC(=O)CC(=O)N4CC[C@H](C)C4)cc3)ncnc2c1. The zero-order valence-corrected chi connectivity index (χ0v) is 19.7. The maximum atomic E-state index is 14.9. The van der Waals surface area contributed by atoms with Gasteiger partial charge in [0.25, 0.3) is 0 Å². The number of benzene rings is 2. The fraction of sp³-hybridized carbons (Fsp3) is 0.360. The Hall–Kier alpha value is -3.79. The van der Waals surface area contributed by atoms with Crippen molar-refractivity contribution < 1.29 is 23.5 Å². The summed E-state index contributed by atoms with van der Waals surface area (Å²) in [7, 11) is 1.56. The number of nitrogens with zero attached hydrogens (tertiary/aromatic N) is 3. The molecule has 9 nitrogen and oxygen atoms in total. The number of nitrogens with one attached hydrogen (secondary N) is 2. The number of amides is 2. The third kappa shape index (κ3) is 6.21. The molecule has 2 amide bonds. The number of rotatable bonds is 9. The molecule has 3 aromatic rings. The molecule has 1 aliphatic heterocycles. The molecule has 0 radical (unpaired) electrons. The molecular formula is C25H28FN5O4. The van der Waals surface area contributed by atoms with Gasteiger partial charge in [0.1, 0.15) is 36.7 Å². The fourth-order valence-electron chi connectivity index (χ4n) is 3.93. The van der Waals surface area contributed by atoms with Gasteiger partial charge in [0.05, 0.1) is 17.5 Å². The molecule has 4 rings (SSSR count). The van der Waals surface area contributed by atoms with Gasteiger partial charge in [0.15, 0.2) is 0 Å². The molecule has 0 unspecified atom stereocenters. The number of likely N-dealkylation sites (tertiary alicyclic amines) is 1. The topological polar surface area (TPSA) is 106 Å². The predicted octanol–water partition coefficient (Wildman–Crippen LogP) is 3.73. The third-order valence-electron chi connectivity index (χ3n) is 5.74. The molecular weight excluding hydrogens is 453 g/mol. The van der Waals surface area contributed by atoms with Crippen molar-refractivity contribution >= 4 is 39.9 Å². The van der Waals surface area contributed by atoms with Gasteiger partial charge in [0, 0.05) is 43.7 Å². The Morgan fingerprint density at radius 1 is 1.14 bits per heavy atom. The second-order valence-corrected chi connectivity index (χ2v) is 8.52. The highest BCUT2D eigenvalue weighted by Crippen LogP contribution is 2.29. The predicted molar refractivity (Wildman–Crippen MR) is 130 cm³/mol. The van der Waals surface area contributed by atoms with Gasteiger partial charge < -0.3 is 25.0 Å². The van der Waals surface area contributed by atoms with Gasteiger partial charge in [-0.3, -0.25) is 9.59 Å². The zero-order valence-electron chi connectivity index (χ0n) is 19.7. The second kappa shape index (κ2) is 11.1. The van der Waals surface area contributed by atoms with E-state index in [0.29, 0.717) is 60.7 Å². The number of ether oxygens (including phenoxy) is 2. The van der Waals surface area contributed by atoms with Gasteiger partial charge in [-0.05, 0) is 36.6 Å². The van der Waals surface area contributed by atoms with E-state index in [1.54, 1.807) is 42.3 Å². The van der Waals surface area contributed by atoms with Crippen LogP contribution in [0.1, 0.15) is 19.8 Å². The van der Waals surface area contributed by atoms with Crippen molar-refractivity contribution in [2.45, 2.75) is 19.8 Å². The number of carbonyl (C=O) groups excluding carboxylic acids is 2. The zero-order chi connectivity index (χ0) is 24.8. The standard InChI is InChI=1S/C25H28FN5O4/c1-16-7-8-31(14-16)23(33)13-22(32)29-17-3-5-18(6-4-17)30-25-24-20(26)11-19(35-10-9-34-2)12-21(24)27-15-28-25/h3-6,11-12,15-16H,7-10,13-14H2,1-2H3,(H,29,32)(H,27,28,30)/t16-/m0/s1. The Labute approximate surface area is 202 Å². The van der Waals surface area contributed by atoms with Gasteiger partial charge in [0.2, 0.25) is 11.8 Å². The van der Waals surface area contributed by atoms with Crippen LogP contribution in [0, 0.1) is 11.7 Å². The van der Waals surface area contributed by atoms with E-state index in [1.807, 2.05) is 0 Å². The Kier molecular flexibility index (Phi) is 7.71. The number of hydrogen-bond donors (Lipinski definition) is 2. The van der Waals surface area contributed by atoms with Gasteiger partial charge in [-0.25, -0.2) is 14.4 Å². The first-order valence-corrected chi connectivity index (χ1v) is 11.4. The summed E-state index contributed by atoms with van der Waals surface area (Å²) >= 11 is 0. The molecule has 35 heavy (non-hydrogen) atoms. The minimum absolute atomic E-state index is 0.157. The van der Waals surface area contributed by atoms with E-state index in [1.165, 1.54) is 12.4 Å². The molecule has 1 atom stereocenters. The second-order valence-electron chi connectivity index (χ2n) is 8.52. The van der Waals surface area contributed by atoms with Crippen molar-refractivity contribution in [3.05, 3.63) is 48.5 Å². The smallest absolute Gasteiger partial charge is 0.233 e. The van der Waals surface area contributed by atoms with E-state index in [9.17, 15) is 14.0 Å². The lowest BCUT2D eigenvalue weighted by Gasteiger charge is -2.15. The van der Waals surface area contributed by atoms with Crippen molar-refractivity contribution in [2.75, 3.05) is 44.0 Å². The van der Waals surface area contributed by atoms with Crippen LogP contribution in [0.15, 0.2) is 42.7 Å². The Morgan fingerprint density at radius 2 is 1.91 bits per heavy atom.